The van der Waals surface area contributed by atoms with Gasteiger partial charge in [-0.05, 0) is 37.8 Å². The van der Waals surface area contributed by atoms with E-state index in [1.165, 1.54) is 24.6 Å². The molecule has 2 aromatic carbocycles. The van der Waals surface area contributed by atoms with Gasteiger partial charge >= 0.3 is 23.3 Å². The smallest absolute Gasteiger partial charge is 0.338 e. The van der Waals surface area contributed by atoms with E-state index >= 15 is 0 Å². The van der Waals surface area contributed by atoms with Gasteiger partial charge in [-0.2, -0.15) is 0 Å². The van der Waals surface area contributed by atoms with Crippen LogP contribution in [0.5, 0.6) is 11.5 Å². The number of aromatic hydroxyl groups is 2. The number of hydrogen-bond donors (Lipinski definition) is 2. The minimum Gasteiger partial charge on any atom is -0.502 e. The molecule has 0 atom stereocenters. The number of ether oxygens (including phenoxy) is 2. The molecule has 2 aromatic rings. The van der Waals surface area contributed by atoms with Crippen LogP contribution in [0, 0.1) is 20.2 Å². The maximum absolute atomic E-state index is 12.6. The molecule has 0 saturated heterocycles. The van der Waals surface area contributed by atoms with Crippen molar-refractivity contribution in [2.75, 3.05) is 26.3 Å². The molecule has 50 heavy (non-hydrogen) atoms. The molecule has 0 aliphatic carbocycles. The van der Waals surface area contributed by atoms with Gasteiger partial charge in [-0.1, -0.05) is 78.1 Å². The molecule has 0 unspecified atom stereocenters. The van der Waals surface area contributed by atoms with Crippen LogP contribution in [0.4, 0.5) is 11.4 Å². The fraction of sp³-hybridized carbons (Fsp3) is 0.556. The van der Waals surface area contributed by atoms with Gasteiger partial charge in [-0.25, -0.2) is 9.59 Å². The Hall–Kier alpha value is -4.88. The first kappa shape index (κ1) is 41.3. The molecule has 0 spiro atoms. The van der Waals surface area contributed by atoms with Gasteiger partial charge in [-0.3, -0.25) is 30.2 Å². The summed E-state index contributed by atoms with van der Waals surface area (Å²) >= 11 is 0. The third-order valence-electron chi connectivity index (χ3n) is 7.85. The zero-order chi connectivity index (χ0) is 36.7. The Morgan fingerprint density at radius 3 is 1.34 bits per heavy atom. The second-order valence-corrected chi connectivity index (χ2v) is 12.0. The largest absolute Gasteiger partial charge is 0.502 e. The summed E-state index contributed by atoms with van der Waals surface area (Å²) in [6.07, 6.45) is 15.7. The number of phenolic OH excluding ortho intramolecular Hbond substituents is 2. The Bertz CT molecular complexity index is 1370. The molecular formula is C36H50N4O10. The lowest BCUT2D eigenvalue weighted by atomic mass is 10.1. The van der Waals surface area contributed by atoms with Gasteiger partial charge in [0, 0.05) is 48.8 Å². The van der Waals surface area contributed by atoms with Crippen LogP contribution in [0.2, 0.25) is 0 Å². The molecule has 14 nitrogen and oxygen atoms in total. The van der Waals surface area contributed by atoms with Crippen molar-refractivity contribution in [2.45, 2.75) is 104 Å². The molecule has 274 valence electrons. The number of esters is 2. The first-order chi connectivity index (χ1) is 24.1. The van der Waals surface area contributed by atoms with Gasteiger partial charge in [0.25, 0.3) is 0 Å². The van der Waals surface area contributed by atoms with Crippen LogP contribution in [0.15, 0.2) is 34.3 Å². The van der Waals surface area contributed by atoms with E-state index in [4.69, 9.17) is 9.47 Å². The standard InChI is InChI=1S/C36H50N4O10/c1-3-5-7-9-11-15-19-49-35(43)27-21-29(33(41)31(23-27)39(45)46)25-37-17-13-14-18-38-26-30-22-28(24-32(34(30)42)40(47)48)36(44)50-20-16-12-10-8-6-4-2/h21-26,41-42H,3-20H2,1-2H3. The third-order valence-corrected chi connectivity index (χ3v) is 7.85. The first-order valence-corrected chi connectivity index (χ1v) is 17.5. The monoisotopic (exact) mass is 698 g/mol. The van der Waals surface area contributed by atoms with Crippen molar-refractivity contribution < 1.29 is 39.1 Å². The third kappa shape index (κ3) is 14.7. The number of nitrogens with zero attached hydrogens (tertiary/aromatic N) is 4. The van der Waals surface area contributed by atoms with Crippen molar-refractivity contribution in [1.82, 2.24) is 0 Å². The van der Waals surface area contributed by atoms with E-state index in [2.05, 4.69) is 23.8 Å². The lowest BCUT2D eigenvalue weighted by Crippen LogP contribution is -2.08. The molecule has 0 saturated carbocycles. The van der Waals surface area contributed by atoms with Crippen LogP contribution in [0.25, 0.3) is 0 Å². The number of phenols is 2. The Morgan fingerprint density at radius 1 is 0.620 bits per heavy atom. The Kier molecular flexibility index (Phi) is 19.4. The van der Waals surface area contributed by atoms with E-state index in [1.807, 2.05) is 0 Å². The average molecular weight is 699 g/mol. The molecule has 0 bridgehead atoms. The molecular weight excluding hydrogens is 648 g/mol. The summed E-state index contributed by atoms with van der Waals surface area (Å²) in [5.74, 6) is -2.67. The molecule has 2 N–H and O–H groups in total. The van der Waals surface area contributed by atoms with E-state index in [1.54, 1.807) is 0 Å². The van der Waals surface area contributed by atoms with Gasteiger partial charge in [0.2, 0.25) is 11.5 Å². The van der Waals surface area contributed by atoms with Crippen LogP contribution in [0.3, 0.4) is 0 Å². The molecule has 2 rings (SSSR count). The molecule has 0 aliphatic rings. The molecule has 0 aromatic heterocycles. The molecule has 0 aliphatic heterocycles. The summed E-state index contributed by atoms with van der Waals surface area (Å²) in [6, 6.07) is 4.55. The van der Waals surface area contributed by atoms with Gasteiger partial charge in [0.1, 0.15) is 0 Å². The zero-order valence-electron chi connectivity index (χ0n) is 29.1. The van der Waals surface area contributed by atoms with Crippen molar-refractivity contribution >= 4 is 35.7 Å². The highest BCUT2D eigenvalue weighted by molar-refractivity contribution is 5.96. The van der Waals surface area contributed by atoms with E-state index in [0.29, 0.717) is 25.7 Å². The average Bonchev–Trinajstić information content (AvgIpc) is 3.09. The fourth-order valence-corrected chi connectivity index (χ4v) is 4.99. The molecule has 0 amide bonds. The quantitative estimate of drug-likeness (QED) is 0.0334. The van der Waals surface area contributed by atoms with Gasteiger partial charge in [0.05, 0.1) is 34.2 Å². The van der Waals surface area contributed by atoms with E-state index in [-0.39, 0.29) is 48.6 Å². The lowest BCUT2D eigenvalue weighted by molar-refractivity contribution is -0.386. The minimum atomic E-state index is -0.781. The van der Waals surface area contributed by atoms with Crippen molar-refractivity contribution in [3.8, 4) is 11.5 Å². The topological polar surface area (TPSA) is 204 Å². The fourth-order valence-electron chi connectivity index (χ4n) is 4.99. The normalized spacial score (nSPS) is 11.3. The summed E-state index contributed by atoms with van der Waals surface area (Å²) in [7, 11) is 0. The number of hydrogen-bond acceptors (Lipinski definition) is 12. The minimum absolute atomic E-state index is 0.00573. The SMILES string of the molecule is CCCCCCCCOC(=O)c1cc(C=NCCCCN=Cc2cc(C(=O)OCCCCCCCC)cc([N+](=O)[O-])c2O)c(O)c([N+](=O)[O-])c1. The molecule has 0 fully saturated rings. The van der Waals surface area contributed by atoms with Gasteiger partial charge in [-0.15, -0.1) is 0 Å². The highest BCUT2D eigenvalue weighted by Crippen LogP contribution is 2.32. The van der Waals surface area contributed by atoms with Gasteiger partial charge < -0.3 is 19.7 Å². The van der Waals surface area contributed by atoms with Crippen LogP contribution in [0.1, 0.15) is 136 Å². The van der Waals surface area contributed by atoms with Gasteiger partial charge in [0.15, 0.2) is 0 Å². The molecule has 0 heterocycles. The second-order valence-electron chi connectivity index (χ2n) is 12.0. The Balaban J connectivity index is 1.93. The maximum atomic E-state index is 12.6. The van der Waals surface area contributed by atoms with Crippen molar-refractivity contribution in [1.29, 1.82) is 0 Å². The van der Waals surface area contributed by atoms with Crippen molar-refractivity contribution in [3.63, 3.8) is 0 Å². The van der Waals surface area contributed by atoms with Crippen molar-refractivity contribution in [3.05, 3.63) is 66.7 Å². The number of benzene rings is 2. The summed E-state index contributed by atoms with van der Waals surface area (Å²) in [6.45, 7) is 5.18. The van der Waals surface area contributed by atoms with Crippen LogP contribution in [-0.4, -0.2) is 70.7 Å². The lowest BCUT2D eigenvalue weighted by Gasteiger charge is -2.07. The second kappa shape index (κ2) is 23.5. The zero-order valence-corrected chi connectivity index (χ0v) is 29.1. The Morgan fingerprint density at radius 2 is 0.980 bits per heavy atom. The number of carbonyl (C=O) groups excluding carboxylic acids is 2. The summed E-state index contributed by atoms with van der Waals surface area (Å²) < 4.78 is 10.6. The highest BCUT2D eigenvalue weighted by Gasteiger charge is 2.23. The summed E-state index contributed by atoms with van der Waals surface area (Å²) in [5, 5.41) is 43.8. The number of nitro benzene ring substituents is 2. The van der Waals surface area contributed by atoms with Crippen LogP contribution < -0.4 is 0 Å². The highest BCUT2D eigenvalue weighted by atomic mass is 16.6. The van der Waals surface area contributed by atoms with E-state index in [0.717, 1.165) is 76.3 Å². The molecule has 14 heteroatoms. The molecule has 0 radical (unpaired) electrons. The van der Waals surface area contributed by atoms with E-state index in [9.17, 15) is 40.0 Å². The number of rotatable bonds is 25. The predicted molar refractivity (Wildman–Crippen MR) is 191 cm³/mol. The maximum Gasteiger partial charge on any atom is 0.338 e. The first-order valence-electron chi connectivity index (χ1n) is 17.5. The Labute approximate surface area is 292 Å². The number of aliphatic imine (C=N–C) groups is 2. The van der Waals surface area contributed by atoms with E-state index < -0.39 is 44.7 Å². The summed E-state index contributed by atoms with van der Waals surface area (Å²) in [5.41, 5.74) is -1.37. The van der Waals surface area contributed by atoms with Crippen LogP contribution >= 0.6 is 0 Å². The number of nitro groups is 2. The van der Waals surface area contributed by atoms with Crippen LogP contribution in [-0.2, 0) is 9.47 Å². The number of carbonyl (C=O) groups is 2. The number of unbranched alkanes of at least 4 members (excludes halogenated alkanes) is 11. The predicted octanol–water partition coefficient (Wildman–Crippen LogP) is 8.27. The summed E-state index contributed by atoms with van der Waals surface area (Å²) in [4.78, 5) is 55.0. The van der Waals surface area contributed by atoms with Crippen molar-refractivity contribution in [2.24, 2.45) is 9.98 Å².